The number of hydrogen-bond acceptors (Lipinski definition) is 5. The summed E-state index contributed by atoms with van der Waals surface area (Å²) in [6, 6.07) is -0.136. The van der Waals surface area contributed by atoms with E-state index in [1.54, 1.807) is 13.3 Å². The second kappa shape index (κ2) is 5.50. The molecule has 5 nitrogen and oxygen atoms in total. The molecule has 0 fully saturated rings. The van der Waals surface area contributed by atoms with E-state index in [-0.39, 0.29) is 6.04 Å². The van der Waals surface area contributed by atoms with E-state index in [0.29, 0.717) is 17.5 Å². The average Bonchev–Trinajstić information content (AvgIpc) is 2.28. The van der Waals surface area contributed by atoms with Crippen molar-refractivity contribution < 1.29 is 9.47 Å². The highest BCUT2D eigenvalue weighted by atomic mass is 16.5. The van der Waals surface area contributed by atoms with Gasteiger partial charge in [-0.25, -0.2) is 4.98 Å². The smallest absolute Gasteiger partial charge is 0.240 e. The summed E-state index contributed by atoms with van der Waals surface area (Å²) in [7, 11) is 3.08. The van der Waals surface area contributed by atoms with Gasteiger partial charge in [-0.05, 0) is 6.42 Å². The van der Waals surface area contributed by atoms with Crippen LogP contribution in [0.2, 0.25) is 0 Å². The molecular weight excluding hydrogens is 194 g/mol. The number of hydrogen-bond donors (Lipinski definition) is 1. The van der Waals surface area contributed by atoms with Gasteiger partial charge in [-0.1, -0.05) is 13.3 Å². The zero-order valence-electron chi connectivity index (χ0n) is 9.36. The van der Waals surface area contributed by atoms with Gasteiger partial charge in [0.1, 0.15) is 5.69 Å². The van der Waals surface area contributed by atoms with Crippen molar-refractivity contribution in [3.63, 3.8) is 0 Å². The van der Waals surface area contributed by atoms with E-state index in [4.69, 9.17) is 15.2 Å². The van der Waals surface area contributed by atoms with Crippen LogP contribution in [0.15, 0.2) is 6.20 Å². The van der Waals surface area contributed by atoms with E-state index in [0.717, 1.165) is 12.8 Å². The van der Waals surface area contributed by atoms with E-state index in [1.165, 1.54) is 7.11 Å². The first-order valence-electron chi connectivity index (χ1n) is 4.93. The van der Waals surface area contributed by atoms with Crippen LogP contribution in [0.1, 0.15) is 31.5 Å². The molecule has 0 aliphatic rings. The van der Waals surface area contributed by atoms with Crippen molar-refractivity contribution in [2.24, 2.45) is 5.73 Å². The van der Waals surface area contributed by atoms with Gasteiger partial charge < -0.3 is 15.2 Å². The second-order valence-electron chi connectivity index (χ2n) is 3.20. The largest absolute Gasteiger partial charge is 0.480 e. The molecule has 0 radical (unpaired) electrons. The molecule has 0 aliphatic heterocycles. The molecule has 0 aliphatic carbocycles. The molecule has 0 saturated heterocycles. The topological polar surface area (TPSA) is 70.3 Å². The lowest BCUT2D eigenvalue weighted by Crippen LogP contribution is -2.14. The molecule has 0 spiro atoms. The van der Waals surface area contributed by atoms with Gasteiger partial charge in [0, 0.05) is 0 Å². The number of rotatable bonds is 5. The summed E-state index contributed by atoms with van der Waals surface area (Å²) < 4.78 is 10.1. The third-order valence-electron chi connectivity index (χ3n) is 2.10. The van der Waals surface area contributed by atoms with Gasteiger partial charge in [0.2, 0.25) is 11.8 Å². The Morgan fingerprint density at radius 1 is 1.40 bits per heavy atom. The molecule has 1 unspecified atom stereocenters. The Kier molecular flexibility index (Phi) is 4.30. The van der Waals surface area contributed by atoms with Crippen molar-refractivity contribution in [1.82, 2.24) is 9.97 Å². The predicted octanol–water partition coefficient (Wildman–Crippen LogP) is 1.29. The van der Waals surface area contributed by atoms with Crippen molar-refractivity contribution in [2.75, 3.05) is 14.2 Å². The van der Waals surface area contributed by atoms with Crippen molar-refractivity contribution in [1.29, 1.82) is 0 Å². The highest BCUT2D eigenvalue weighted by molar-refractivity contribution is 5.25. The molecule has 84 valence electrons. The fraction of sp³-hybridized carbons (Fsp3) is 0.600. The van der Waals surface area contributed by atoms with Gasteiger partial charge >= 0.3 is 0 Å². The van der Waals surface area contributed by atoms with E-state index in [2.05, 4.69) is 16.9 Å². The Labute approximate surface area is 89.6 Å². The molecule has 1 aromatic rings. The van der Waals surface area contributed by atoms with E-state index >= 15 is 0 Å². The first-order valence-corrected chi connectivity index (χ1v) is 4.93. The van der Waals surface area contributed by atoms with E-state index in [1.807, 2.05) is 0 Å². The standard InChI is InChI=1S/C10H17N3O2/c1-4-5-7(11)9-10(15-3)13-8(14-2)6-12-9/h6-7H,4-5,11H2,1-3H3. The Bertz CT molecular complexity index is 318. The number of aromatic nitrogens is 2. The molecule has 0 bridgehead atoms. The lowest BCUT2D eigenvalue weighted by molar-refractivity contribution is 0.352. The first-order chi connectivity index (χ1) is 7.22. The van der Waals surface area contributed by atoms with E-state index in [9.17, 15) is 0 Å². The van der Waals surface area contributed by atoms with Crippen LogP contribution in [0.4, 0.5) is 0 Å². The normalized spacial score (nSPS) is 12.3. The van der Waals surface area contributed by atoms with Gasteiger partial charge in [0.15, 0.2) is 0 Å². The molecule has 1 aromatic heterocycles. The summed E-state index contributed by atoms with van der Waals surface area (Å²) in [5, 5.41) is 0. The Morgan fingerprint density at radius 2 is 2.13 bits per heavy atom. The number of ether oxygens (including phenoxy) is 2. The average molecular weight is 211 g/mol. The van der Waals surface area contributed by atoms with Crippen LogP contribution in [-0.2, 0) is 0 Å². The summed E-state index contributed by atoms with van der Waals surface area (Å²) in [6.45, 7) is 2.07. The van der Waals surface area contributed by atoms with Crippen LogP contribution in [0.5, 0.6) is 11.8 Å². The minimum Gasteiger partial charge on any atom is -0.480 e. The predicted molar refractivity (Wildman–Crippen MR) is 57.0 cm³/mol. The highest BCUT2D eigenvalue weighted by Gasteiger charge is 2.15. The van der Waals surface area contributed by atoms with Gasteiger partial charge in [0.25, 0.3) is 0 Å². The lowest BCUT2D eigenvalue weighted by atomic mass is 10.1. The van der Waals surface area contributed by atoms with Gasteiger partial charge in [-0.2, -0.15) is 4.98 Å². The van der Waals surface area contributed by atoms with E-state index < -0.39 is 0 Å². The highest BCUT2D eigenvalue weighted by Crippen LogP contribution is 2.24. The van der Waals surface area contributed by atoms with Crippen LogP contribution in [-0.4, -0.2) is 24.2 Å². The second-order valence-corrected chi connectivity index (χ2v) is 3.20. The summed E-state index contributed by atoms with van der Waals surface area (Å²) in [6.07, 6.45) is 3.41. The molecule has 5 heteroatoms. The molecule has 1 heterocycles. The third-order valence-corrected chi connectivity index (χ3v) is 2.10. The molecule has 0 aromatic carbocycles. The van der Waals surface area contributed by atoms with Crippen molar-refractivity contribution in [2.45, 2.75) is 25.8 Å². The lowest BCUT2D eigenvalue weighted by Gasteiger charge is -2.13. The molecule has 1 rings (SSSR count). The summed E-state index contributed by atoms with van der Waals surface area (Å²) >= 11 is 0. The molecular formula is C10H17N3O2. The Morgan fingerprint density at radius 3 is 2.67 bits per heavy atom. The maximum absolute atomic E-state index is 5.95. The SMILES string of the molecule is CCCC(N)c1ncc(OC)nc1OC. The molecule has 1 atom stereocenters. The summed E-state index contributed by atoms with van der Waals surface area (Å²) in [4.78, 5) is 8.33. The summed E-state index contributed by atoms with van der Waals surface area (Å²) in [5.74, 6) is 0.870. The maximum atomic E-state index is 5.95. The minimum absolute atomic E-state index is 0.136. The number of nitrogens with zero attached hydrogens (tertiary/aromatic N) is 2. The van der Waals surface area contributed by atoms with Crippen LogP contribution >= 0.6 is 0 Å². The summed E-state index contributed by atoms with van der Waals surface area (Å²) in [5.41, 5.74) is 6.63. The third kappa shape index (κ3) is 2.79. The van der Waals surface area contributed by atoms with Crippen LogP contribution in [0, 0.1) is 0 Å². The monoisotopic (exact) mass is 211 g/mol. The van der Waals surface area contributed by atoms with Gasteiger partial charge in [0.05, 0.1) is 26.5 Å². The van der Waals surface area contributed by atoms with Crippen molar-refractivity contribution in [3.05, 3.63) is 11.9 Å². The molecule has 0 saturated carbocycles. The molecule has 0 amide bonds. The number of methoxy groups -OCH3 is 2. The fourth-order valence-electron chi connectivity index (χ4n) is 1.32. The fourth-order valence-corrected chi connectivity index (χ4v) is 1.32. The van der Waals surface area contributed by atoms with Crippen LogP contribution in [0.3, 0.4) is 0 Å². The first kappa shape index (κ1) is 11.7. The maximum Gasteiger partial charge on any atom is 0.240 e. The minimum atomic E-state index is -0.136. The zero-order chi connectivity index (χ0) is 11.3. The van der Waals surface area contributed by atoms with Crippen LogP contribution in [0.25, 0.3) is 0 Å². The van der Waals surface area contributed by atoms with Gasteiger partial charge in [-0.3, -0.25) is 0 Å². The quantitative estimate of drug-likeness (QED) is 0.794. The van der Waals surface area contributed by atoms with Gasteiger partial charge in [-0.15, -0.1) is 0 Å². The number of nitrogens with two attached hydrogens (primary N) is 1. The van der Waals surface area contributed by atoms with Crippen molar-refractivity contribution >= 4 is 0 Å². The Hall–Kier alpha value is -1.36. The van der Waals surface area contributed by atoms with Crippen LogP contribution < -0.4 is 15.2 Å². The van der Waals surface area contributed by atoms with Crippen molar-refractivity contribution in [3.8, 4) is 11.8 Å². The Balaban J connectivity index is 2.96. The molecule has 15 heavy (non-hydrogen) atoms. The zero-order valence-corrected chi connectivity index (χ0v) is 9.36. The molecule has 2 N–H and O–H groups in total.